The highest BCUT2D eigenvalue weighted by Crippen LogP contribution is 2.19. The first-order chi connectivity index (χ1) is 6.75. The van der Waals surface area contributed by atoms with Crippen LogP contribution >= 0.6 is 11.6 Å². The van der Waals surface area contributed by atoms with Crippen LogP contribution in [-0.2, 0) is 6.54 Å². The van der Waals surface area contributed by atoms with E-state index in [2.05, 4.69) is 4.98 Å². The molecule has 0 unspecified atom stereocenters. The third-order valence-corrected chi connectivity index (χ3v) is 2.33. The topological polar surface area (TPSA) is 43.8 Å². The molecule has 2 N–H and O–H groups in total. The van der Waals surface area contributed by atoms with Gasteiger partial charge in [0.1, 0.15) is 0 Å². The lowest BCUT2D eigenvalue weighted by molar-refractivity contribution is 0.798. The number of halogens is 1. The average Bonchev–Trinajstić information content (AvgIpc) is 2.64. The summed E-state index contributed by atoms with van der Waals surface area (Å²) in [6, 6.07) is 5.64. The predicted octanol–water partition coefficient (Wildman–Crippen LogP) is 2.17. The molecule has 0 radical (unpaired) electrons. The van der Waals surface area contributed by atoms with Gasteiger partial charge in [-0.05, 0) is 17.7 Å². The minimum absolute atomic E-state index is 0.597. The monoisotopic (exact) mass is 207 g/mol. The summed E-state index contributed by atoms with van der Waals surface area (Å²) in [5.74, 6) is 0. The zero-order valence-corrected chi connectivity index (χ0v) is 8.28. The highest BCUT2D eigenvalue weighted by atomic mass is 35.5. The van der Waals surface area contributed by atoms with E-state index >= 15 is 0 Å². The fourth-order valence-corrected chi connectivity index (χ4v) is 1.40. The summed E-state index contributed by atoms with van der Waals surface area (Å²) in [7, 11) is 0. The van der Waals surface area contributed by atoms with Crippen molar-refractivity contribution in [2.75, 3.05) is 5.73 Å². The van der Waals surface area contributed by atoms with Crippen LogP contribution in [-0.4, -0.2) is 9.55 Å². The van der Waals surface area contributed by atoms with Crippen molar-refractivity contribution in [1.29, 1.82) is 0 Å². The summed E-state index contributed by atoms with van der Waals surface area (Å²) >= 11 is 5.82. The Morgan fingerprint density at radius 3 is 2.93 bits per heavy atom. The Morgan fingerprint density at radius 1 is 1.43 bits per heavy atom. The van der Waals surface area contributed by atoms with Gasteiger partial charge in [0.05, 0.1) is 17.0 Å². The van der Waals surface area contributed by atoms with Crippen molar-refractivity contribution in [3.05, 3.63) is 47.5 Å². The molecule has 1 aromatic heterocycles. The van der Waals surface area contributed by atoms with Gasteiger partial charge in [-0.1, -0.05) is 17.7 Å². The van der Waals surface area contributed by atoms with E-state index in [9.17, 15) is 0 Å². The molecule has 0 amide bonds. The molecule has 2 aromatic rings. The lowest BCUT2D eigenvalue weighted by atomic mass is 10.2. The molecule has 0 saturated carbocycles. The van der Waals surface area contributed by atoms with Crippen molar-refractivity contribution in [2.24, 2.45) is 0 Å². The maximum Gasteiger partial charge on any atom is 0.0949 e. The highest BCUT2D eigenvalue weighted by Gasteiger charge is 1.98. The molecular formula is C10H10ClN3. The molecule has 0 saturated heterocycles. The maximum absolute atomic E-state index is 5.82. The number of imidazole rings is 1. The number of nitrogens with zero attached hydrogens (tertiary/aromatic N) is 2. The molecule has 1 aromatic carbocycles. The highest BCUT2D eigenvalue weighted by molar-refractivity contribution is 6.33. The van der Waals surface area contributed by atoms with Crippen molar-refractivity contribution in [3.8, 4) is 0 Å². The largest absolute Gasteiger partial charge is 0.398 e. The number of anilines is 1. The van der Waals surface area contributed by atoms with Gasteiger partial charge in [0.15, 0.2) is 0 Å². The zero-order chi connectivity index (χ0) is 9.97. The number of benzene rings is 1. The van der Waals surface area contributed by atoms with Crippen molar-refractivity contribution < 1.29 is 0 Å². The minimum atomic E-state index is 0.597. The summed E-state index contributed by atoms with van der Waals surface area (Å²) in [5, 5.41) is 0.597. The van der Waals surface area contributed by atoms with Crippen molar-refractivity contribution in [3.63, 3.8) is 0 Å². The molecular weight excluding hydrogens is 198 g/mol. The molecule has 4 heteroatoms. The Balaban J connectivity index is 2.22. The van der Waals surface area contributed by atoms with Crippen LogP contribution < -0.4 is 5.73 Å². The molecule has 3 nitrogen and oxygen atoms in total. The second-order valence-electron chi connectivity index (χ2n) is 3.09. The minimum Gasteiger partial charge on any atom is -0.398 e. The summed E-state index contributed by atoms with van der Waals surface area (Å²) in [6.45, 7) is 0.765. The number of hydrogen-bond donors (Lipinski definition) is 1. The van der Waals surface area contributed by atoms with E-state index in [-0.39, 0.29) is 0 Å². The summed E-state index contributed by atoms with van der Waals surface area (Å²) in [4.78, 5) is 3.96. The van der Waals surface area contributed by atoms with Gasteiger partial charge in [-0.2, -0.15) is 0 Å². The zero-order valence-electron chi connectivity index (χ0n) is 7.52. The molecule has 0 aliphatic carbocycles. The second-order valence-corrected chi connectivity index (χ2v) is 3.50. The van der Waals surface area contributed by atoms with Gasteiger partial charge in [-0.3, -0.25) is 0 Å². The first-order valence-corrected chi connectivity index (χ1v) is 4.63. The van der Waals surface area contributed by atoms with Gasteiger partial charge in [-0.15, -0.1) is 0 Å². The molecule has 72 valence electrons. The van der Waals surface area contributed by atoms with Gasteiger partial charge >= 0.3 is 0 Å². The van der Waals surface area contributed by atoms with E-state index in [4.69, 9.17) is 17.3 Å². The molecule has 0 bridgehead atoms. The average molecular weight is 208 g/mol. The third kappa shape index (κ3) is 1.88. The van der Waals surface area contributed by atoms with E-state index in [1.807, 2.05) is 29.0 Å². The van der Waals surface area contributed by atoms with E-state index in [1.165, 1.54) is 0 Å². The van der Waals surface area contributed by atoms with Crippen molar-refractivity contribution in [2.45, 2.75) is 6.54 Å². The first-order valence-electron chi connectivity index (χ1n) is 4.25. The number of nitrogens with two attached hydrogens (primary N) is 1. The van der Waals surface area contributed by atoms with Gasteiger partial charge < -0.3 is 10.3 Å². The molecule has 0 aliphatic heterocycles. The molecule has 0 atom stereocenters. The lowest BCUT2D eigenvalue weighted by Crippen LogP contribution is -1.97. The van der Waals surface area contributed by atoms with Crippen LogP contribution in [0.2, 0.25) is 5.02 Å². The summed E-state index contributed by atoms with van der Waals surface area (Å²) in [6.07, 6.45) is 5.43. The normalized spacial score (nSPS) is 10.4. The molecule has 2 rings (SSSR count). The smallest absolute Gasteiger partial charge is 0.0949 e. The van der Waals surface area contributed by atoms with Gasteiger partial charge in [0.25, 0.3) is 0 Å². The van der Waals surface area contributed by atoms with E-state index in [0.717, 1.165) is 12.1 Å². The Morgan fingerprint density at radius 2 is 2.29 bits per heavy atom. The first kappa shape index (κ1) is 9.09. The number of hydrogen-bond acceptors (Lipinski definition) is 2. The van der Waals surface area contributed by atoms with E-state index in [1.54, 1.807) is 12.5 Å². The number of nitrogen functional groups attached to an aromatic ring is 1. The molecule has 0 aliphatic rings. The van der Waals surface area contributed by atoms with Crippen LogP contribution in [0.3, 0.4) is 0 Å². The number of aromatic nitrogens is 2. The van der Waals surface area contributed by atoms with Crippen LogP contribution in [0.15, 0.2) is 36.9 Å². The molecule has 0 spiro atoms. The maximum atomic E-state index is 5.82. The quantitative estimate of drug-likeness (QED) is 0.767. The van der Waals surface area contributed by atoms with Crippen molar-refractivity contribution >= 4 is 17.3 Å². The third-order valence-electron chi connectivity index (χ3n) is 1.98. The van der Waals surface area contributed by atoms with Crippen LogP contribution in [0.1, 0.15) is 5.56 Å². The van der Waals surface area contributed by atoms with Crippen molar-refractivity contribution in [1.82, 2.24) is 9.55 Å². The van der Waals surface area contributed by atoms with Crippen LogP contribution in [0.5, 0.6) is 0 Å². The fourth-order valence-electron chi connectivity index (χ4n) is 1.28. The second kappa shape index (κ2) is 3.72. The van der Waals surface area contributed by atoms with Crippen LogP contribution in [0.4, 0.5) is 5.69 Å². The van der Waals surface area contributed by atoms with E-state index < -0.39 is 0 Å². The Kier molecular flexibility index (Phi) is 2.41. The lowest BCUT2D eigenvalue weighted by Gasteiger charge is -2.04. The Labute approximate surface area is 87.1 Å². The number of rotatable bonds is 2. The fraction of sp³-hybridized carbons (Fsp3) is 0.100. The van der Waals surface area contributed by atoms with Crippen LogP contribution in [0.25, 0.3) is 0 Å². The summed E-state index contributed by atoms with van der Waals surface area (Å²) in [5.41, 5.74) is 7.42. The molecule has 0 fully saturated rings. The predicted molar refractivity (Wildman–Crippen MR) is 57.2 cm³/mol. The Hall–Kier alpha value is -1.48. The molecule has 14 heavy (non-hydrogen) atoms. The van der Waals surface area contributed by atoms with Crippen LogP contribution in [0, 0.1) is 0 Å². The van der Waals surface area contributed by atoms with Gasteiger partial charge in [-0.25, -0.2) is 4.98 Å². The standard InChI is InChI=1S/C10H10ClN3/c11-9-2-1-8(5-10(9)12)6-14-4-3-13-7-14/h1-5,7H,6,12H2. The Bertz CT molecular complexity index is 423. The van der Waals surface area contributed by atoms with E-state index in [0.29, 0.717) is 10.7 Å². The van der Waals surface area contributed by atoms with Gasteiger partial charge in [0, 0.05) is 18.9 Å². The molecule has 1 heterocycles. The SMILES string of the molecule is Nc1cc(Cn2ccnc2)ccc1Cl. The summed E-state index contributed by atoms with van der Waals surface area (Å²) < 4.78 is 1.97. The van der Waals surface area contributed by atoms with Gasteiger partial charge in [0.2, 0.25) is 0 Å².